The average molecular weight is 347 g/mol. The molecule has 2 aromatic carbocycles. The highest BCUT2D eigenvalue weighted by molar-refractivity contribution is 7.89. The molecule has 3 rings (SSSR count). The van der Waals surface area contributed by atoms with Crippen molar-refractivity contribution in [3.63, 3.8) is 0 Å². The molecule has 0 amide bonds. The van der Waals surface area contributed by atoms with Crippen LogP contribution in [0.4, 0.5) is 0 Å². The third-order valence-electron chi connectivity index (χ3n) is 4.49. The minimum absolute atomic E-state index is 0.0734. The van der Waals surface area contributed by atoms with E-state index in [1.807, 2.05) is 24.3 Å². The Bertz CT molecular complexity index is 795. The summed E-state index contributed by atoms with van der Waals surface area (Å²) in [5.74, 6) is 0.820. The first kappa shape index (κ1) is 17.2. The summed E-state index contributed by atoms with van der Waals surface area (Å²) in [6.07, 6.45) is 6.24. The molecular weight excluding hydrogens is 322 g/mol. The monoisotopic (exact) mass is 347 g/mol. The number of rotatable bonds is 6. The van der Waals surface area contributed by atoms with Crippen molar-refractivity contribution in [2.24, 2.45) is 0 Å². The molecule has 130 valence electrons. The highest BCUT2D eigenvalue weighted by Gasteiger charge is 2.21. The van der Waals surface area contributed by atoms with Crippen molar-refractivity contribution >= 4 is 20.8 Å². The Morgan fingerprint density at radius 1 is 1.04 bits per heavy atom. The summed E-state index contributed by atoms with van der Waals surface area (Å²) >= 11 is 0. The molecule has 0 aromatic heterocycles. The van der Waals surface area contributed by atoms with Crippen LogP contribution in [-0.4, -0.2) is 21.1 Å². The summed E-state index contributed by atoms with van der Waals surface area (Å²) in [5.41, 5.74) is 0. The molecule has 2 aromatic rings. The Kier molecular flexibility index (Phi) is 5.41. The lowest BCUT2D eigenvalue weighted by atomic mass is 9.96. The van der Waals surface area contributed by atoms with Crippen LogP contribution >= 0.6 is 0 Å². The molecule has 1 fully saturated rings. The Hall–Kier alpha value is -1.59. The van der Waals surface area contributed by atoms with Gasteiger partial charge >= 0.3 is 0 Å². The van der Waals surface area contributed by atoms with Crippen LogP contribution in [0.5, 0.6) is 5.75 Å². The molecule has 4 nitrogen and oxygen atoms in total. The molecule has 0 spiro atoms. The van der Waals surface area contributed by atoms with Crippen LogP contribution < -0.4 is 9.46 Å². The molecule has 0 radical (unpaired) electrons. The second-order valence-electron chi connectivity index (χ2n) is 6.48. The fourth-order valence-electron chi connectivity index (χ4n) is 3.19. The van der Waals surface area contributed by atoms with E-state index in [-0.39, 0.29) is 6.04 Å². The van der Waals surface area contributed by atoms with Crippen LogP contribution in [0.25, 0.3) is 10.8 Å². The van der Waals surface area contributed by atoms with Gasteiger partial charge in [0.2, 0.25) is 10.0 Å². The zero-order valence-corrected chi connectivity index (χ0v) is 14.9. The maximum atomic E-state index is 12.6. The number of ether oxygens (including phenoxy) is 1. The van der Waals surface area contributed by atoms with Crippen molar-refractivity contribution < 1.29 is 13.2 Å². The first-order valence-corrected chi connectivity index (χ1v) is 10.3. The van der Waals surface area contributed by atoms with Gasteiger partial charge in [0.25, 0.3) is 0 Å². The van der Waals surface area contributed by atoms with Gasteiger partial charge < -0.3 is 4.74 Å². The summed E-state index contributed by atoms with van der Waals surface area (Å²) in [6.45, 7) is 2.75. The summed E-state index contributed by atoms with van der Waals surface area (Å²) < 4.78 is 33.7. The number of fused-ring (bicyclic) bond motifs is 1. The van der Waals surface area contributed by atoms with Gasteiger partial charge in [0, 0.05) is 6.04 Å². The predicted molar refractivity (Wildman–Crippen MR) is 96.9 cm³/mol. The number of nitrogens with one attached hydrogen (secondary N) is 1. The lowest BCUT2D eigenvalue weighted by Gasteiger charge is -2.22. The van der Waals surface area contributed by atoms with Gasteiger partial charge in [-0.25, -0.2) is 13.1 Å². The van der Waals surface area contributed by atoms with Gasteiger partial charge in [-0.15, -0.1) is 0 Å². The van der Waals surface area contributed by atoms with Crippen LogP contribution in [0.3, 0.4) is 0 Å². The van der Waals surface area contributed by atoms with Gasteiger partial charge in [0.05, 0.1) is 11.5 Å². The van der Waals surface area contributed by atoms with Gasteiger partial charge in [-0.3, -0.25) is 0 Å². The van der Waals surface area contributed by atoms with E-state index in [9.17, 15) is 8.42 Å². The maximum absolute atomic E-state index is 12.6. The molecule has 1 saturated carbocycles. The summed E-state index contributed by atoms with van der Waals surface area (Å²) in [4.78, 5) is 0.336. The number of hydrogen-bond acceptors (Lipinski definition) is 3. The van der Waals surface area contributed by atoms with Gasteiger partial charge in [-0.2, -0.15) is 0 Å². The van der Waals surface area contributed by atoms with Gasteiger partial charge in [-0.1, -0.05) is 38.3 Å². The van der Waals surface area contributed by atoms with Crippen molar-refractivity contribution in [3.8, 4) is 5.75 Å². The zero-order chi connectivity index (χ0) is 17.0. The standard InChI is InChI=1S/C19H25NO3S/c1-2-12-23-18-10-8-16-14-19(11-9-15(16)13-18)24(21,22)20-17-6-4-3-5-7-17/h8-11,13-14,17,20H,2-7,12H2,1H3. The average Bonchev–Trinajstić information content (AvgIpc) is 2.60. The summed E-state index contributed by atoms with van der Waals surface area (Å²) in [7, 11) is -3.46. The smallest absolute Gasteiger partial charge is 0.240 e. The molecule has 0 aliphatic heterocycles. The van der Waals surface area contributed by atoms with Crippen LogP contribution in [0.2, 0.25) is 0 Å². The van der Waals surface area contributed by atoms with Crippen molar-refractivity contribution in [3.05, 3.63) is 36.4 Å². The quantitative estimate of drug-likeness (QED) is 0.850. The first-order valence-electron chi connectivity index (χ1n) is 8.77. The van der Waals surface area contributed by atoms with Gasteiger partial charge in [0.1, 0.15) is 5.75 Å². The maximum Gasteiger partial charge on any atom is 0.240 e. The largest absolute Gasteiger partial charge is 0.494 e. The van der Waals surface area contributed by atoms with Crippen LogP contribution in [0.1, 0.15) is 45.4 Å². The van der Waals surface area contributed by atoms with E-state index in [4.69, 9.17) is 4.74 Å². The number of sulfonamides is 1. The van der Waals surface area contributed by atoms with Gasteiger partial charge in [0.15, 0.2) is 0 Å². The second kappa shape index (κ2) is 7.53. The number of benzene rings is 2. The Morgan fingerprint density at radius 3 is 2.50 bits per heavy atom. The highest BCUT2D eigenvalue weighted by atomic mass is 32.2. The van der Waals surface area contributed by atoms with Crippen LogP contribution in [-0.2, 0) is 10.0 Å². The molecule has 0 atom stereocenters. The SMILES string of the molecule is CCCOc1ccc2cc(S(=O)(=O)NC3CCCCC3)ccc2c1. The fraction of sp³-hybridized carbons (Fsp3) is 0.474. The molecule has 24 heavy (non-hydrogen) atoms. The van der Waals surface area contributed by atoms with Crippen molar-refractivity contribution in [1.82, 2.24) is 4.72 Å². The van der Waals surface area contributed by atoms with Crippen LogP contribution in [0, 0.1) is 0 Å². The molecule has 1 N–H and O–H groups in total. The summed E-state index contributed by atoms with van der Waals surface area (Å²) in [5, 5.41) is 1.89. The fourth-order valence-corrected chi connectivity index (χ4v) is 4.53. The van der Waals surface area contributed by atoms with Gasteiger partial charge in [-0.05, 0) is 54.3 Å². The van der Waals surface area contributed by atoms with E-state index in [1.165, 1.54) is 6.42 Å². The molecule has 1 aliphatic rings. The van der Waals surface area contributed by atoms with E-state index in [2.05, 4.69) is 11.6 Å². The molecule has 5 heteroatoms. The van der Waals surface area contributed by atoms with Crippen LogP contribution in [0.15, 0.2) is 41.3 Å². The molecule has 0 saturated heterocycles. The first-order chi connectivity index (χ1) is 11.6. The van der Waals surface area contributed by atoms with Crippen molar-refractivity contribution in [2.75, 3.05) is 6.61 Å². The minimum atomic E-state index is -3.46. The Labute approximate surface area is 144 Å². The van der Waals surface area contributed by atoms with E-state index in [1.54, 1.807) is 12.1 Å². The topological polar surface area (TPSA) is 55.4 Å². The minimum Gasteiger partial charge on any atom is -0.494 e. The van der Waals surface area contributed by atoms with E-state index >= 15 is 0 Å². The molecule has 0 heterocycles. The van der Waals surface area contributed by atoms with E-state index in [0.717, 1.165) is 48.6 Å². The summed E-state index contributed by atoms with van der Waals surface area (Å²) in [6, 6.07) is 11.1. The lowest BCUT2D eigenvalue weighted by Crippen LogP contribution is -2.36. The predicted octanol–water partition coefficient (Wildman–Crippen LogP) is 4.24. The van der Waals surface area contributed by atoms with E-state index in [0.29, 0.717) is 11.5 Å². The second-order valence-corrected chi connectivity index (χ2v) is 8.19. The molecule has 0 bridgehead atoms. The normalized spacial score (nSPS) is 16.4. The van der Waals surface area contributed by atoms with Crippen molar-refractivity contribution in [1.29, 1.82) is 0 Å². The molecule has 0 unspecified atom stereocenters. The Morgan fingerprint density at radius 2 is 1.75 bits per heavy atom. The van der Waals surface area contributed by atoms with Crippen molar-refractivity contribution in [2.45, 2.75) is 56.4 Å². The third-order valence-corrected chi connectivity index (χ3v) is 6.01. The number of hydrogen-bond donors (Lipinski definition) is 1. The lowest BCUT2D eigenvalue weighted by molar-refractivity contribution is 0.318. The van der Waals surface area contributed by atoms with E-state index < -0.39 is 10.0 Å². The third kappa shape index (κ3) is 4.08. The Balaban J connectivity index is 1.81. The molecule has 1 aliphatic carbocycles. The highest BCUT2D eigenvalue weighted by Crippen LogP contribution is 2.25. The zero-order valence-electron chi connectivity index (χ0n) is 14.1. The molecular formula is C19H25NO3S.